The third-order valence-corrected chi connectivity index (χ3v) is 10.9. The van der Waals surface area contributed by atoms with Crippen LogP contribution in [0.15, 0.2) is 137 Å². The van der Waals surface area contributed by atoms with Crippen molar-refractivity contribution in [1.82, 2.24) is 15.0 Å². The van der Waals surface area contributed by atoms with Gasteiger partial charge in [0.25, 0.3) is 0 Å². The van der Waals surface area contributed by atoms with Crippen molar-refractivity contribution in [2.24, 2.45) is 17.8 Å². The van der Waals surface area contributed by atoms with E-state index in [9.17, 15) is 0 Å². The van der Waals surface area contributed by atoms with E-state index in [2.05, 4.69) is 118 Å². The van der Waals surface area contributed by atoms with Gasteiger partial charge in [-0.25, -0.2) is 15.0 Å². The molecule has 4 nitrogen and oxygen atoms in total. The quantitative estimate of drug-likeness (QED) is 0.131. The molecule has 3 aromatic carbocycles. The summed E-state index contributed by atoms with van der Waals surface area (Å²) in [6, 6.07) is 25.1. The van der Waals surface area contributed by atoms with Crippen LogP contribution in [0.5, 0.6) is 0 Å². The molecule has 0 aliphatic heterocycles. The fourth-order valence-electron chi connectivity index (χ4n) is 7.96. The molecule has 0 saturated carbocycles. The SMILES string of the molecule is C=C1CC=C2CCC(c3nc(C4=CCC(C=C/C=C(\CC)c5cccc6c5oc5ccccc56)C4C)nc(-c4ccccc4)n3)/C=C\C[C@@H]12. The number of hydrogen-bond donors (Lipinski definition) is 0. The number of benzene rings is 3. The van der Waals surface area contributed by atoms with Crippen molar-refractivity contribution in [3.63, 3.8) is 0 Å². The molecule has 244 valence electrons. The minimum Gasteiger partial charge on any atom is -0.455 e. The van der Waals surface area contributed by atoms with E-state index in [0.717, 1.165) is 78.1 Å². The van der Waals surface area contributed by atoms with Gasteiger partial charge in [0.1, 0.15) is 17.0 Å². The summed E-state index contributed by atoms with van der Waals surface area (Å²) in [5, 5.41) is 2.33. The van der Waals surface area contributed by atoms with Crippen molar-refractivity contribution < 1.29 is 4.42 Å². The first kappa shape index (κ1) is 31.2. The van der Waals surface area contributed by atoms with Gasteiger partial charge in [0.2, 0.25) is 0 Å². The van der Waals surface area contributed by atoms with Gasteiger partial charge in [-0.1, -0.05) is 141 Å². The predicted molar refractivity (Wildman–Crippen MR) is 203 cm³/mol. The molecule has 0 fully saturated rings. The highest BCUT2D eigenvalue weighted by atomic mass is 16.3. The van der Waals surface area contributed by atoms with E-state index < -0.39 is 0 Å². The van der Waals surface area contributed by atoms with Crippen LogP contribution in [0.2, 0.25) is 0 Å². The molecule has 3 aliphatic carbocycles. The summed E-state index contributed by atoms with van der Waals surface area (Å²) >= 11 is 0. The van der Waals surface area contributed by atoms with Crippen molar-refractivity contribution >= 4 is 33.1 Å². The Kier molecular flexibility index (Phi) is 8.55. The van der Waals surface area contributed by atoms with Gasteiger partial charge in [0.05, 0.1) is 0 Å². The molecule has 2 aromatic heterocycles. The smallest absolute Gasteiger partial charge is 0.163 e. The van der Waals surface area contributed by atoms with Gasteiger partial charge in [-0.3, -0.25) is 0 Å². The maximum atomic E-state index is 6.35. The largest absolute Gasteiger partial charge is 0.455 e. The van der Waals surface area contributed by atoms with Crippen LogP contribution in [0, 0.1) is 17.8 Å². The Balaban J connectivity index is 1.06. The van der Waals surface area contributed by atoms with Gasteiger partial charge < -0.3 is 4.42 Å². The van der Waals surface area contributed by atoms with Crippen molar-refractivity contribution in [2.75, 3.05) is 0 Å². The Morgan fingerprint density at radius 3 is 2.59 bits per heavy atom. The molecule has 0 saturated heterocycles. The second kappa shape index (κ2) is 13.4. The summed E-state index contributed by atoms with van der Waals surface area (Å²) in [6.45, 7) is 8.86. The molecule has 0 N–H and O–H groups in total. The zero-order chi connectivity index (χ0) is 33.3. The van der Waals surface area contributed by atoms with Crippen molar-refractivity contribution in [3.05, 3.63) is 150 Å². The van der Waals surface area contributed by atoms with Gasteiger partial charge in [0, 0.05) is 33.7 Å². The molecule has 4 atom stereocenters. The molecule has 0 spiro atoms. The maximum Gasteiger partial charge on any atom is 0.163 e. The molecule has 5 aromatic rings. The van der Waals surface area contributed by atoms with Crippen LogP contribution in [-0.2, 0) is 0 Å². The summed E-state index contributed by atoms with van der Waals surface area (Å²) in [7, 11) is 0. The number of furan rings is 1. The van der Waals surface area contributed by atoms with Crippen LogP contribution in [0.3, 0.4) is 0 Å². The maximum absolute atomic E-state index is 6.35. The Hall–Kier alpha value is -5.09. The predicted octanol–water partition coefficient (Wildman–Crippen LogP) is 11.9. The molecule has 3 unspecified atom stereocenters. The zero-order valence-corrected chi connectivity index (χ0v) is 28.5. The van der Waals surface area contributed by atoms with Crippen LogP contribution in [0.25, 0.3) is 44.5 Å². The van der Waals surface area contributed by atoms with Crippen LogP contribution < -0.4 is 0 Å². The number of rotatable bonds is 7. The van der Waals surface area contributed by atoms with E-state index in [1.165, 1.54) is 33.2 Å². The highest BCUT2D eigenvalue weighted by Gasteiger charge is 2.29. The van der Waals surface area contributed by atoms with E-state index in [4.69, 9.17) is 19.4 Å². The summed E-state index contributed by atoms with van der Waals surface area (Å²) in [6.07, 6.45) is 22.2. The molecular formula is C45H43N3O. The number of aromatic nitrogens is 3. The molecule has 4 heteroatoms. The molecule has 0 bridgehead atoms. The summed E-state index contributed by atoms with van der Waals surface area (Å²) in [5.41, 5.74) is 9.46. The highest BCUT2D eigenvalue weighted by molar-refractivity contribution is 6.08. The Morgan fingerprint density at radius 1 is 0.898 bits per heavy atom. The van der Waals surface area contributed by atoms with Crippen LogP contribution in [0.4, 0.5) is 0 Å². The van der Waals surface area contributed by atoms with Crippen molar-refractivity contribution in [2.45, 2.75) is 58.3 Å². The molecule has 3 aliphatic rings. The third kappa shape index (κ3) is 6.05. The number of fused-ring (bicyclic) bond motifs is 4. The standard InChI is InChI=1S/C45H43N3O/c1-4-31(38-20-12-21-40-39-18-8-9-22-41(39)49-42(38)40)15-10-16-32-27-28-37(30(32)3)45-47-43(34-13-6-5-7-14-34)46-44(48-45)35-17-11-19-36-29(2)23-24-33(36)25-26-35/h5-18,20-22,24,28,30,32,35-36H,2,4,19,23,25-27H2,1,3H3/b16-10?,17-11-,31-15+/t30?,32?,35?,36-/m0/s1. The van der Waals surface area contributed by atoms with Crippen molar-refractivity contribution in [3.8, 4) is 11.4 Å². The number of para-hydroxylation sites is 2. The topological polar surface area (TPSA) is 51.8 Å². The van der Waals surface area contributed by atoms with Gasteiger partial charge in [-0.2, -0.15) is 0 Å². The molecule has 2 heterocycles. The van der Waals surface area contributed by atoms with E-state index in [-0.39, 0.29) is 11.8 Å². The fourth-order valence-corrected chi connectivity index (χ4v) is 7.96. The van der Waals surface area contributed by atoms with E-state index in [1.807, 2.05) is 18.2 Å². The molecular weight excluding hydrogens is 599 g/mol. The van der Waals surface area contributed by atoms with E-state index in [1.54, 1.807) is 0 Å². The molecule has 49 heavy (non-hydrogen) atoms. The first-order valence-electron chi connectivity index (χ1n) is 17.9. The molecule has 0 amide bonds. The fraction of sp³-hybridized carbons (Fsp3) is 0.267. The first-order valence-corrected chi connectivity index (χ1v) is 17.9. The zero-order valence-electron chi connectivity index (χ0n) is 28.5. The minimum atomic E-state index is 0.154. The minimum absolute atomic E-state index is 0.154. The lowest BCUT2D eigenvalue weighted by Crippen LogP contribution is -2.13. The Labute approximate surface area is 289 Å². The second-order valence-electron chi connectivity index (χ2n) is 13.8. The number of allylic oxidation sites excluding steroid dienone is 11. The lowest BCUT2D eigenvalue weighted by Gasteiger charge is -2.21. The first-order chi connectivity index (χ1) is 24.1. The van der Waals surface area contributed by atoms with Gasteiger partial charge >= 0.3 is 0 Å². The average Bonchev–Trinajstić information content (AvgIpc) is 3.80. The Morgan fingerprint density at radius 2 is 1.71 bits per heavy atom. The summed E-state index contributed by atoms with van der Waals surface area (Å²) in [5.74, 6) is 3.76. The lowest BCUT2D eigenvalue weighted by molar-refractivity contribution is 0.560. The van der Waals surface area contributed by atoms with Gasteiger partial charge in [0.15, 0.2) is 11.6 Å². The monoisotopic (exact) mass is 641 g/mol. The average molecular weight is 642 g/mol. The van der Waals surface area contributed by atoms with Crippen molar-refractivity contribution in [1.29, 1.82) is 0 Å². The van der Waals surface area contributed by atoms with Crippen LogP contribution in [-0.4, -0.2) is 15.0 Å². The second-order valence-corrected chi connectivity index (χ2v) is 13.8. The normalized spacial score (nSPS) is 23.5. The summed E-state index contributed by atoms with van der Waals surface area (Å²) in [4.78, 5) is 15.4. The van der Waals surface area contributed by atoms with Crippen LogP contribution in [0.1, 0.15) is 75.5 Å². The lowest BCUT2D eigenvalue weighted by atomic mass is 9.85. The van der Waals surface area contributed by atoms with Crippen LogP contribution >= 0.6 is 0 Å². The third-order valence-electron chi connectivity index (χ3n) is 10.9. The molecule has 0 radical (unpaired) electrons. The molecule has 8 rings (SSSR count). The van der Waals surface area contributed by atoms with E-state index in [0.29, 0.717) is 11.8 Å². The number of nitrogens with zero attached hydrogens (tertiary/aromatic N) is 3. The van der Waals surface area contributed by atoms with Gasteiger partial charge in [-0.05, 0) is 67.6 Å². The van der Waals surface area contributed by atoms with E-state index >= 15 is 0 Å². The highest BCUT2D eigenvalue weighted by Crippen LogP contribution is 2.41. The Bertz CT molecular complexity index is 2190. The summed E-state index contributed by atoms with van der Waals surface area (Å²) < 4.78 is 6.35. The number of hydrogen-bond acceptors (Lipinski definition) is 4. The van der Waals surface area contributed by atoms with Gasteiger partial charge in [-0.15, -0.1) is 0 Å².